The van der Waals surface area contributed by atoms with Crippen molar-refractivity contribution >= 4 is 16.2 Å². The lowest BCUT2D eigenvalue weighted by Crippen LogP contribution is -2.47. The number of methoxy groups -OCH3 is 1. The number of piperidine rings is 1. The Labute approximate surface area is 120 Å². The summed E-state index contributed by atoms with van der Waals surface area (Å²) >= 11 is 0. The van der Waals surface area contributed by atoms with Gasteiger partial charge in [0.2, 0.25) is 0 Å². The molecule has 1 heterocycles. The third kappa shape index (κ3) is 5.01. The van der Waals surface area contributed by atoms with Gasteiger partial charge in [0, 0.05) is 26.2 Å². The zero-order valence-corrected chi connectivity index (χ0v) is 12.9. The summed E-state index contributed by atoms with van der Waals surface area (Å²) in [6.07, 6.45) is 1.53. The summed E-state index contributed by atoms with van der Waals surface area (Å²) in [5, 5.41) is 8.79. The minimum absolute atomic E-state index is 0.0490. The van der Waals surface area contributed by atoms with Crippen LogP contribution in [-0.2, 0) is 19.7 Å². The van der Waals surface area contributed by atoms with Crippen LogP contribution in [0.3, 0.4) is 0 Å². The number of esters is 1. The van der Waals surface area contributed by atoms with Crippen molar-refractivity contribution in [3.8, 4) is 0 Å². The van der Waals surface area contributed by atoms with E-state index < -0.39 is 10.2 Å². The summed E-state index contributed by atoms with van der Waals surface area (Å²) in [5.74, 6) is -0.395. The maximum atomic E-state index is 12.1. The Morgan fingerprint density at radius 2 is 2.05 bits per heavy atom. The Balaban J connectivity index is 2.44. The first-order chi connectivity index (χ1) is 9.40. The number of aliphatic hydroxyl groups is 1. The number of ether oxygens (including phenoxy) is 1. The van der Waals surface area contributed by atoms with E-state index in [2.05, 4.69) is 9.46 Å². The second-order valence-electron chi connectivity index (χ2n) is 5.17. The van der Waals surface area contributed by atoms with Crippen molar-refractivity contribution < 1.29 is 23.1 Å². The van der Waals surface area contributed by atoms with Gasteiger partial charge in [-0.15, -0.1) is 0 Å². The molecule has 0 amide bonds. The lowest BCUT2D eigenvalue weighted by molar-refractivity contribution is -0.146. The highest BCUT2D eigenvalue weighted by molar-refractivity contribution is 7.87. The zero-order valence-electron chi connectivity index (χ0n) is 12.0. The van der Waals surface area contributed by atoms with Crippen molar-refractivity contribution in [3.63, 3.8) is 0 Å². The van der Waals surface area contributed by atoms with Gasteiger partial charge in [0.15, 0.2) is 0 Å². The van der Waals surface area contributed by atoms with E-state index in [9.17, 15) is 13.2 Å². The molecule has 2 N–H and O–H groups in total. The first-order valence-electron chi connectivity index (χ1n) is 6.84. The monoisotopic (exact) mass is 308 g/mol. The number of aliphatic hydroxyl groups excluding tert-OH is 1. The number of hydrogen-bond donors (Lipinski definition) is 2. The Morgan fingerprint density at radius 1 is 1.45 bits per heavy atom. The Hall–Kier alpha value is -0.700. The van der Waals surface area contributed by atoms with Crippen LogP contribution in [0.5, 0.6) is 0 Å². The molecule has 1 aliphatic heterocycles. The molecule has 1 atom stereocenters. The second-order valence-corrected chi connectivity index (χ2v) is 6.92. The number of nitrogens with one attached hydrogen (secondary N) is 1. The second kappa shape index (κ2) is 7.92. The van der Waals surface area contributed by atoms with Gasteiger partial charge in [-0.2, -0.15) is 12.7 Å². The molecule has 1 fully saturated rings. The average Bonchev–Trinajstić information content (AvgIpc) is 2.45. The van der Waals surface area contributed by atoms with Crippen molar-refractivity contribution in [1.29, 1.82) is 0 Å². The molecule has 1 saturated heterocycles. The molecule has 7 nitrogen and oxygen atoms in total. The Bertz CT molecular complexity index is 404. The minimum atomic E-state index is -3.50. The van der Waals surface area contributed by atoms with E-state index in [4.69, 9.17) is 5.11 Å². The van der Waals surface area contributed by atoms with E-state index in [-0.39, 0.29) is 24.4 Å². The molecule has 0 aromatic rings. The fraction of sp³-hybridized carbons (Fsp3) is 0.917. The van der Waals surface area contributed by atoms with E-state index in [1.54, 1.807) is 0 Å². The largest absolute Gasteiger partial charge is 0.469 e. The molecule has 8 heteroatoms. The highest BCUT2D eigenvalue weighted by Crippen LogP contribution is 2.20. The lowest BCUT2D eigenvalue weighted by atomic mass is 9.99. The van der Waals surface area contributed by atoms with E-state index in [0.717, 1.165) is 0 Å². The number of nitrogens with zero attached hydrogens (tertiary/aromatic N) is 1. The van der Waals surface area contributed by atoms with Crippen LogP contribution in [0.1, 0.15) is 26.2 Å². The predicted octanol–water partition coefficient (Wildman–Crippen LogP) is -0.276. The van der Waals surface area contributed by atoms with Crippen LogP contribution in [0.15, 0.2) is 0 Å². The van der Waals surface area contributed by atoms with Gasteiger partial charge in [-0.1, -0.05) is 6.92 Å². The van der Waals surface area contributed by atoms with Gasteiger partial charge in [0.1, 0.15) is 0 Å². The van der Waals surface area contributed by atoms with Crippen LogP contribution < -0.4 is 4.72 Å². The van der Waals surface area contributed by atoms with Crippen molar-refractivity contribution in [2.45, 2.75) is 26.2 Å². The van der Waals surface area contributed by atoms with Gasteiger partial charge in [-0.25, -0.2) is 4.72 Å². The summed E-state index contributed by atoms with van der Waals surface area (Å²) in [6.45, 7) is 2.88. The van der Waals surface area contributed by atoms with Crippen LogP contribution in [0.2, 0.25) is 0 Å². The minimum Gasteiger partial charge on any atom is -0.469 e. The fourth-order valence-corrected chi connectivity index (χ4v) is 3.53. The summed E-state index contributed by atoms with van der Waals surface area (Å²) in [6, 6.07) is 0. The van der Waals surface area contributed by atoms with Crippen LogP contribution in [0.25, 0.3) is 0 Å². The van der Waals surface area contributed by atoms with Crippen molar-refractivity contribution in [2.24, 2.45) is 11.8 Å². The molecule has 1 rings (SSSR count). The molecule has 1 unspecified atom stereocenters. The summed E-state index contributed by atoms with van der Waals surface area (Å²) in [7, 11) is -2.16. The number of carbonyl (C=O) groups is 1. The van der Waals surface area contributed by atoms with Crippen LogP contribution >= 0.6 is 0 Å². The maximum absolute atomic E-state index is 12.1. The van der Waals surface area contributed by atoms with E-state index >= 15 is 0 Å². The highest BCUT2D eigenvalue weighted by atomic mass is 32.2. The molecule has 0 bridgehead atoms. The third-order valence-corrected chi connectivity index (χ3v) is 5.14. The molecule has 118 valence electrons. The summed E-state index contributed by atoms with van der Waals surface area (Å²) in [4.78, 5) is 11.4. The van der Waals surface area contributed by atoms with Gasteiger partial charge in [-0.3, -0.25) is 4.79 Å². The number of rotatable bonds is 7. The van der Waals surface area contributed by atoms with Crippen molar-refractivity contribution in [3.05, 3.63) is 0 Å². The molecule has 0 aromatic carbocycles. The normalized spacial score (nSPS) is 19.8. The van der Waals surface area contributed by atoms with E-state index in [0.29, 0.717) is 38.9 Å². The van der Waals surface area contributed by atoms with Crippen LogP contribution in [0.4, 0.5) is 0 Å². The predicted molar refractivity (Wildman–Crippen MR) is 74.1 cm³/mol. The number of hydrogen-bond acceptors (Lipinski definition) is 5. The van der Waals surface area contributed by atoms with Crippen LogP contribution in [0, 0.1) is 11.8 Å². The fourth-order valence-electron chi connectivity index (χ4n) is 2.16. The molecule has 0 aliphatic carbocycles. The topological polar surface area (TPSA) is 95.9 Å². The van der Waals surface area contributed by atoms with E-state index in [1.165, 1.54) is 11.4 Å². The molecule has 0 spiro atoms. The summed E-state index contributed by atoms with van der Waals surface area (Å²) < 4.78 is 32.7. The molecular formula is C12H24N2O5S. The lowest BCUT2D eigenvalue weighted by Gasteiger charge is -2.30. The van der Waals surface area contributed by atoms with Gasteiger partial charge < -0.3 is 9.84 Å². The SMILES string of the molecule is COC(=O)C1CCN(S(=O)(=O)NCC(C)CCO)CC1. The smallest absolute Gasteiger partial charge is 0.308 e. The van der Waals surface area contributed by atoms with Gasteiger partial charge in [0.25, 0.3) is 10.2 Å². The highest BCUT2D eigenvalue weighted by Gasteiger charge is 2.31. The average molecular weight is 308 g/mol. The molecular weight excluding hydrogens is 284 g/mol. The molecule has 20 heavy (non-hydrogen) atoms. The van der Waals surface area contributed by atoms with Gasteiger partial charge >= 0.3 is 5.97 Å². The van der Waals surface area contributed by atoms with E-state index in [1.807, 2.05) is 6.92 Å². The van der Waals surface area contributed by atoms with Crippen molar-refractivity contribution in [2.75, 3.05) is 33.4 Å². The summed E-state index contributed by atoms with van der Waals surface area (Å²) in [5.41, 5.74) is 0. The standard InChI is InChI=1S/C12H24N2O5S/c1-10(5-8-15)9-13-20(17,18)14-6-3-11(4-7-14)12(16)19-2/h10-11,13,15H,3-9H2,1-2H3. The Morgan fingerprint density at radius 3 is 2.55 bits per heavy atom. The third-order valence-electron chi connectivity index (χ3n) is 3.56. The first kappa shape index (κ1) is 17.4. The Kier molecular flexibility index (Phi) is 6.87. The van der Waals surface area contributed by atoms with Gasteiger partial charge in [-0.05, 0) is 25.2 Å². The van der Waals surface area contributed by atoms with Crippen LogP contribution in [-0.4, -0.2) is 57.1 Å². The van der Waals surface area contributed by atoms with Crippen molar-refractivity contribution in [1.82, 2.24) is 9.03 Å². The van der Waals surface area contributed by atoms with Gasteiger partial charge in [0.05, 0.1) is 13.0 Å². The molecule has 1 aliphatic rings. The quantitative estimate of drug-likeness (QED) is 0.631. The zero-order chi connectivity index (χ0) is 15.2. The molecule has 0 aromatic heterocycles. The first-order valence-corrected chi connectivity index (χ1v) is 8.28. The number of carbonyl (C=O) groups excluding carboxylic acids is 1. The maximum Gasteiger partial charge on any atom is 0.308 e. The molecule has 0 radical (unpaired) electrons. The molecule has 0 saturated carbocycles.